The summed E-state index contributed by atoms with van der Waals surface area (Å²) in [7, 11) is 0. The fourth-order valence-corrected chi connectivity index (χ4v) is 5.61. The number of thiophene rings is 1. The lowest BCUT2D eigenvalue weighted by Crippen LogP contribution is -1.93. The normalized spacial score (nSPS) is 13.0. The maximum atomic E-state index is 4.73. The molecule has 4 heteroatoms. The number of thiazole rings is 1. The highest BCUT2D eigenvalue weighted by Gasteiger charge is 2.15. The van der Waals surface area contributed by atoms with Gasteiger partial charge in [0, 0.05) is 15.9 Å². The molecule has 2 heterocycles. The van der Waals surface area contributed by atoms with E-state index in [0.29, 0.717) is 4.83 Å². The molecule has 1 atom stereocenters. The molecule has 0 fully saturated rings. The van der Waals surface area contributed by atoms with E-state index in [9.17, 15) is 0 Å². The molecule has 0 spiro atoms. The van der Waals surface area contributed by atoms with Gasteiger partial charge in [0.2, 0.25) is 0 Å². The Hall–Kier alpha value is -1.23. The van der Waals surface area contributed by atoms with E-state index in [1.54, 1.807) is 11.3 Å². The Morgan fingerprint density at radius 2 is 1.76 bits per heavy atom. The summed E-state index contributed by atoms with van der Waals surface area (Å²) in [5.74, 6) is 0. The summed E-state index contributed by atoms with van der Waals surface area (Å²) < 4.78 is 2.61. The van der Waals surface area contributed by atoms with Crippen molar-refractivity contribution in [3.05, 3.63) is 64.5 Å². The highest BCUT2D eigenvalue weighted by atomic mass is 79.9. The summed E-state index contributed by atoms with van der Waals surface area (Å²) >= 11 is 7.45. The van der Waals surface area contributed by atoms with E-state index in [2.05, 4.69) is 63.8 Å². The number of rotatable bonds is 3. The van der Waals surface area contributed by atoms with E-state index in [-0.39, 0.29) is 0 Å². The van der Waals surface area contributed by atoms with E-state index in [4.69, 9.17) is 4.98 Å². The molecule has 0 saturated carbocycles. The van der Waals surface area contributed by atoms with Crippen LogP contribution in [0, 0.1) is 0 Å². The molecule has 1 nitrogen and oxygen atoms in total. The van der Waals surface area contributed by atoms with E-state index < -0.39 is 0 Å². The van der Waals surface area contributed by atoms with Crippen LogP contribution in [0.4, 0.5) is 0 Å². The maximum absolute atomic E-state index is 4.73. The number of fused-ring (bicyclic) bond motifs is 2. The van der Waals surface area contributed by atoms with Crippen LogP contribution in [0.25, 0.3) is 20.3 Å². The van der Waals surface area contributed by atoms with Crippen molar-refractivity contribution in [1.29, 1.82) is 0 Å². The van der Waals surface area contributed by atoms with Gasteiger partial charge in [0.1, 0.15) is 0 Å². The quantitative estimate of drug-likeness (QED) is 0.390. The molecule has 0 aliphatic carbocycles. The van der Waals surface area contributed by atoms with Crippen LogP contribution in [0.3, 0.4) is 0 Å². The van der Waals surface area contributed by atoms with E-state index >= 15 is 0 Å². The Labute approximate surface area is 139 Å². The van der Waals surface area contributed by atoms with Gasteiger partial charge in [-0.15, -0.1) is 22.7 Å². The lowest BCUT2D eigenvalue weighted by atomic mass is 10.1. The number of benzene rings is 2. The van der Waals surface area contributed by atoms with Gasteiger partial charge in [-0.2, -0.15) is 0 Å². The van der Waals surface area contributed by atoms with Crippen LogP contribution in [0.15, 0.2) is 53.9 Å². The molecule has 4 aromatic rings. The first-order chi connectivity index (χ1) is 10.3. The summed E-state index contributed by atoms with van der Waals surface area (Å²) in [4.78, 5) is 5.05. The highest BCUT2D eigenvalue weighted by molar-refractivity contribution is 9.09. The number of hydrogen-bond acceptors (Lipinski definition) is 3. The van der Waals surface area contributed by atoms with Crippen LogP contribution in [-0.2, 0) is 6.42 Å². The summed E-state index contributed by atoms with van der Waals surface area (Å²) in [6.07, 6.45) is 0.931. The lowest BCUT2D eigenvalue weighted by Gasteiger charge is -2.06. The van der Waals surface area contributed by atoms with Gasteiger partial charge in [0.05, 0.1) is 15.2 Å². The van der Waals surface area contributed by atoms with Crippen molar-refractivity contribution in [3.8, 4) is 0 Å². The Morgan fingerprint density at radius 3 is 2.62 bits per heavy atom. The van der Waals surface area contributed by atoms with Gasteiger partial charge in [-0.3, -0.25) is 0 Å². The van der Waals surface area contributed by atoms with Crippen molar-refractivity contribution >= 4 is 58.9 Å². The largest absolute Gasteiger partial charge is 0.241 e. The summed E-state index contributed by atoms with van der Waals surface area (Å²) in [6.45, 7) is 0. The van der Waals surface area contributed by atoms with Crippen molar-refractivity contribution in [2.24, 2.45) is 0 Å². The third-order valence-electron chi connectivity index (χ3n) is 3.54. The first-order valence-corrected chi connectivity index (χ1v) is 9.37. The molecule has 104 valence electrons. The zero-order chi connectivity index (χ0) is 14.2. The number of para-hydroxylation sites is 1. The van der Waals surface area contributed by atoms with Gasteiger partial charge in [-0.05, 0) is 34.5 Å². The number of alkyl halides is 1. The summed E-state index contributed by atoms with van der Waals surface area (Å²) in [5.41, 5.74) is 2.47. The Morgan fingerprint density at radius 1 is 1.00 bits per heavy atom. The molecule has 4 rings (SSSR count). The molecule has 21 heavy (non-hydrogen) atoms. The van der Waals surface area contributed by atoms with Crippen molar-refractivity contribution in [3.63, 3.8) is 0 Å². The number of nitrogens with zero attached hydrogens (tertiary/aromatic N) is 1. The van der Waals surface area contributed by atoms with Crippen LogP contribution in [-0.4, -0.2) is 4.98 Å². The first kappa shape index (κ1) is 13.4. The van der Waals surface area contributed by atoms with Gasteiger partial charge in [-0.1, -0.05) is 46.3 Å². The van der Waals surface area contributed by atoms with Crippen molar-refractivity contribution in [1.82, 2.24) is 4.98 Å². The molecule has 2 aromatic carbocycles. The standard InChI is InChI=1S/C17H12BrNS2/c18-13(12-10-20-15-7-3-1-5-11(12)15)9-17-19-14-6-2-4-8-16(14)21-17/h1-8,10,13H,9H2. The first-order valence-electron chi connectivity index (χ1n) is 6.76. The minimum atomic E-state index is 0.314. The molecule has 0 saturated heterocycles. The SMILES string of the molecule is BrC(Cc1nc2ccccc2s1)c1csc2ccccc12. The maximum Gasteiger partial charge on any atom is 0.0953 e. The second-order valence-electron chi connectivity index (χ2n) is 4.93. The smallest absolute Gasteiger partial charge is 0.0953 e. The molecule has 0 amide bonds. The van der Waals surface area contributed by atoms with Crippen LogP contribution >= 0.6 is 38.6 Å². The third kappa shape index (κ3) is 2.52. The third-order valence-corrected chi connectivity index (χ3v) is 6.40. The molecule has 0 radical (unpaired) electrons. The minimum Gasteiger partial charge on any atom is -0.241 e. The lowest BCUT2D eigenvalue weighted by molar-refractivity contribution is 0.950. The average molecular weight is 374 g/mol. The zero-order valence-electron chi connectivity index (χ0n) is 11.1. The zero-order valence-corrected chi connectivity index (χ0v) is 14.3. The van der Waals surface area contributed by atoms with Crippen LogP contribution in [0.5, 0.6) is 0 Å². The van der Waals surface area contributed by atoms with Gasteiger partial charge >= 0.3 is 0 Å². The van der Waals surface area contributed by atoms with Gasteiger partial charge in [-0.25, -0.2) is 4.98 Å². The number of halogens is 1. The van der Waals surface area contributed by atoms with Crippen molar-refractivity contribution < 1.29 is 0 Å². The predicted molar refractivity (Wildman–Crippen MR) is 96.8 cm³/mol. The Bertz CT molecular complexity index is 876. The highest BCUT2D eigenvalue weighted by Crippen LogP contribution is 2.37. The molecular weight excluding hydrogens is 362 g/mol. The molecule has 1 unspecified atom stereocenters. The van der Waals surface area contributed by atoms with Crippen molar-refractivity contribution in [2.45, 2.75) is 11.2 Å². The monoisotopic (exact) mass is 373 g/mol. The molecule has 2 aromatic heterocycles. The Kier molecular flexibility index (Phi) is 3.53. The number of aromatic nitrogens is 1. The predicted octanol–water partition coefficient (Wildman–Crippen LogP) is 6.19. The fourth-order valence-electron chi connectivity index (χ4n) is 2.51. The van der Waals surface area contributed by atoms with Crippen LogP contribution in [0.1, 0.15) is 15.4 Å². The van der Waals surface area contributed by atoms with Crippen LogP contribution < -0.4 is 0 Å². The van der Waals surface area contributed by atoms with Crippen LogP contribution in [0.2, 0.25) is 0 Å². The second kappa shape index (κ2) is 5.52. The second-order valence-corrected chi connectivity index (χ2v) is 8.07. The average Bonchev–Trinajstić information content (AvgIpc) is 3.10. The topological polar surface area (TPSA) is 12.9 Å². The van der Waals surface area contributed by atoms with Gasteiger partial charge < -0.3 is 0 Å². The molecular formula is C17H12BrNS2. The molecule has 0 aliphatic heterocycles. The summed E-state index contributed by atoms with van der Waals surface area (Å²) in [5, 5.41) is 4.80. The Balaban J connectivity index is 1.67. The fraction of sp³-hybridized carbons (Fsp3) is 0.118. The summed E-state index contributed by atoms with van der Waals surface area (Å²) in [6, 6.07) is 16.9. The molecule has 0 bridgehead atoms. The van der Waals surface area contributed by atoms with E-state index in [1.807, 2.05) is 17.4 Å². The molecule has 0 aliphatic rings. The van der Waals surface area contributed by atoms with Crippen molar-refractivity contribution in [2.75, 3.05) is 0 Å². The van der Waals surface area contributed by atoms with Gasteiger partial charge in [0.15, 0.2) is 0 Å². The van der Waals surface area contributed by atoms with E-state index in [1.165, 1.54) is 25.4 Å². The number of hydrogen-bond donors (Lipinski definition) is 0. The van der Waals surface area contributed by atoms with Gasteiger partial charge in [0.25, 0.3) is 0 Å². The molecule has 0 N–H and O–H groups in total. The van der Waals surface area contributed by atoms with E-state index in [0.717, 1.165) is 11.9 Å². The minimum absolute atomic E-state index is 0.314.